The summed E-state index contributed by atoms with van der Waals surface area (Å²) in [5.41, 5.74) is -0.656. The highest BCUT2D eigenvalue weighted by Crippen LogP contribution is 2.53. The maximum atomic E-state index is 13.7. The van der Waals surface area contributed by atoms with Crippen LogP contribution in [0.15, 0.2) is 30.3 Å². The van der Waals surface area contributed by atoms with Gasteiger partial charge in [0.1, 0.15) is 11.1 Å². The van der Waals surface area contributed by atoms with Gasteiger partial charge in [-0.15, -0.1) is 0 Å². The molecule has 4 rings (SSSR count). The number of rotatable bonds is 7. The highest BCUT2D eigenvalue weighted by molar-refractivity contribution is 5.96. The topological polar surface area (TPSA) is 97.4 Å². The predicted octanol–water partition coefficient (Wildman–Crippen LogP) is 3.63. The van der Waals surface area contributed by atoms with Crippen molar-refractivity contribution < 1.29 is 28.7 Å². The number of carbonyl (C=O) groups is 3. The molecule has 0 radical (unpaired) electrons. The Bertz CT molecular complexity index is 974. The van der Waals surface area contributed by atoms with Crippen LogP contribution in [0.2, 0.25) is 0 Å². The number of ether oxygens (including phenoxy) is 2. The van der Waals surface area contributed by atoms with Crippen molar-refractivity contribution in [3.8, 4) is 0 Å². The Morgan fingerprint density at radius 1 is 1.11 bits per heavy atom. The van der Waals surface area contributed by atoms with Gasteiger partial charge in [-0.1, -0.05) is 37.3 Å². The zero-order valence-electron chi connectivity index (χ0n) is 22.7. The number of methoxy groups -OCH3 is 1. The summed E-state index contributed by atoms with van der Waals surface area (Å²) in [7, 11) is 1.56. The monoisotopic (exact) mass is 515 g/mol. The molecule has 3 aliphatic rings. The molecule has 37 heavy (non-hydrogen) atoms. The van der Waals surface area contributed by atoms with Crippen LogP contribution in [0.5, 0.6) is 0 Å². The van der Waals surface area contributed by atoms with Gasteiger partial charge in [0, 0.05) is 26.1 Å². The minimum absolute atomic E-state index is 0.131. The summed E-state index contributed by atoms with van der Waals surface area (Å²) in [4.78, 5) is 47.6. The van der Waals surface area contributed by atoms with Crippen LogP contribution in [0, 0.1) is 5.92 Å². The lowest BCUT2D eigenvalue weighted by Gasteiger charge is -2.36. The van der Waals surface area contributed by atoms with Gasteiger partial charge in [0.05, 0.1) is 24.7 Å². The number of hydrogen-bond donors (Lipinski definition) is 1. The molecule has 2 aliphatic heterocycles. The van der Waals surface area contributed by atoms with Gasteiger partial charge < -0.3 is 19.7 Å². The fourth-order valence-electron chi connectivity index (χ4n) is 5.62. The number of hydroxylamine groups is 2. The summed E-state index contributed by atoms with van der Waals surface area (Å²) >= 11 is 0. The SMILES string of the molecule is CO[C@H]([C@@H](C)C(=O)N[C@@]1(C(=O)N2CCCCO2)C[C@H]1c1ccccc1)[C@@H]1CCCN1C(=O)OC(C)(C)C. The molecule has 2 heterocycles. The summed E-state index contributed by atoms with van der Waals surface area (Å²) in [6.07, 6.45) is 2.88. The van der Waals surface area contributed by atoms with E-state index >= 15 is 0 Å². The van der Waals surface area contributed by atoms with E-state index in [1.165, 1.54) is 5.06 Å². The van der Waals surface area contributed by atoms with E-state index in [1.54, 1.807) is 18.9 Å². The van der Waals surface area contributed by atoms with Crippen LogP contribution in [0.25, 0.3) is 0 Å². The van der Waals surface area contributed by atoms with Crippen molar-refractivity contribution in [2.45, 2.75) is 89.0 Å². The highest BCUT2D eigenvalue weighted by atomic mass is 16.7. The fourth-order valence-corrected chi connectivity index (χ4v) is 5.62. The van der Waals surface area contributed by atoms with Crippen molar-refractivity contribution in [1.29, 1.82) is 0 Å². The molecule has 1 aliphatic carbocycles. The van der Waals surface area contributed by atoms with Crippen molar-refractivity contribution >= 4 is 17.9 Å². The second-order valence-corrected chi connectivity index (χ2v) is 11.4. The van der Waals surface area contributed by atoms with Gasteiger partial charge in [0.25, 0.3) is 5.91 Å². The molecule has 0 bridgehead atoms. The molecule has 3 amide bonds. The number of nitrogens with zero attached hydrogens (tertiary/aromatic N) is 2. The smallest absolute Gasteiger partial charge is 0.410 e. The van der Waals surface area contributed by atoms with E-state index in [4.69, 9.17) is 14.3 Å². The van der Waals surface area contributed by atoms with E-state index in [9.17, 15) is 14.4 Å². The second-order valence-electron chi connectivity index (χ2n) is 11.4. The lowest BCUT2D eigenvalue weighted by molar-refractivity contribution is -0.200. The summed E-state index contributed by atoms with van der Waals surface area (Å²) in [6.45, 7) is 8.86. The normalized spacial score (nSPS) is 27.4. The lowest BCUT2D eigenvalue weighted by Crippen LogP contribution is -2.56. The Kier molecular flexibility index (Phi) is 8.14. The van der Waals surface area contributed by atoms with Crippen molar-refractivity contribution in [3.05, 3.63) is 35.9 Å². The van der Waals surface area contributed by atoms with Gasteiger partial charge >= 0.3 is 6.09 Å². The Morgan fingerprint density at radius 3 is 2.46 bits per heavy atom. The molecular weight excluding hydrogens is 474 g/mol. The van der Waals surface area contributed by atoms with Crippen molar-refractivity contribution in [2.24, 2.45) is 5.92 Å². The van der Waals surface area contributed by atoms with Crippen molar-refractivity contribution in [3.63, 3.8) is 0 Å². The van der Waals surface area contributed by atoms with E-state index in [2.05, 4.69) is 5.32 Å². The molecule has 0 unspecified atom stereocenters. The Balaban J connectivity index is 1.51. The molecule has 204 valence electrons. The first-order chi connectivity index (χ1) is 17.6. The van der Waals surface area contributed by atoms with E-state index in [-0.39, 0.29) is 23.8 Å². The molecule has 1 aromatic rings. The number of amides is 3. The van der Waals surface area contributed by atoms with Crippen molar-refractivity contribution in [2.75, 3.05) is 26.8 Å². The van der Waals surface area contributed by atoms with Crippen LogP contribution < -0.4 is 5.32 Å². The van der Waals surface area contributed by atoms with Gasteiger partial charge in [0.2, 0.25) is 5.91 Å². The van der Waals surface area contributed by atoms with Gasteiger partial charge in [0.15, 0.2) is 0 Å². The third-order valence-electron chi connectivity index (χ3n) is 7.60. The van der Waals surface area contributed by atoms with E-state index in [1.807, 2.05) is 51.1 Å². The summed E-state index contributed by atoms with van der Waals surface area (Å²) in [5, 5.41) is 4.53. The van der Waals surface area contributed by atoms with Crippen LogP contribution >= 0.6 is 0 Å². The summed E-state index contributed by atoms with van der Waals surface area (Å²) < 4.78 is 11.4. The number of hydrogen-bond acceptors (Lipinski definition) is 6. The van der Waals surface area contributed by atoms with E-state index in [0.717, 1.165) is 24.8 Å². The molecule has 9 heteroatoms. The standard InChI is InChI=1S/C28H41N3O6/c1-19(23(35-5)22-14-11-15-30(22)26(34)37-27(2,3)4)24(32)29-28(25(33)31-16-9-10-17-36-31)18-21(28)20-12-7-6-8-13-20/h6-8,12-13,19,21-23H,9-11,14-18H2,1-5H3,(H,29,32)/t19-,21+,22+,23-,28+/m1/s1. The number of nitrogens with one attached hydrogen (secondary N) is 1. The first kappa shape index (κ1) is 27.4. The molecule has 1 aromatic carbocycles. The van der Waals surface area contributed by atoms with Crippen LogP contribution in [-0.4, -0.2) is 78.0 Å². The summed E-state index contributed by atoms with van der Waals surface area (Å²) in [5.74, 6) is -1.20. The van der Waals surface area contributed by atoms with Crippen LogP contribution in [0.1, 0.15) is 71.3 Å². The van der Waals surface area contributed by atoms with Gasteiger partial charge in [-0.25, -0.2) is 9.86 Å². The molecular formula is C28H41N3O6. The maximum Gasteiger partial charge on any atom is 0.410 e. The molecule has 3 fully saturated rings. The van der Waals surface area contributed by atoms with Crippen LogP contribution in [0.3, 0.4) is 0 Å². The predicted molar refractivity (Wildman–Crippen MR) is 137 cm³/mol. The molecule has 2 saturated heterocycles. The Morgan fingerprint density at radius 2 is 1.84 bits per heavy atom. The number of carbonyl (C=O) groups excluding carboxylic acids is 3. The molecule has 9 nitrogen and oxygen atoms in total. The maximum absolute atomic E-state index is 13.7. The lowest BCUT2D eigenvalue weighted by atomic mass is 9.94. The molecule has 5 atom stereocenters. The first-order valence-electron chi connectivity index (χ1n) is 13.4. The summed E-state index contributed by atoms with van der Waals surface area (Å²) in [6, 6.07) is 9.50. The second kappa shape index (κ2) is 11.0. The third kappa shape index (κ3) is 5.93. The fraction of sp³-hybridized carbons (Fsp3) is 0.679. The minimum Gasteiger partial charge on any atom is -0.444 e. The zero-order chi connectivity index (χ0) is 26.8. The highest BCUT2D eigenvalue weighted by Gasteiger charge is 2.63. The molecule has 0 aromatic heterocycles. The average Bonchev–Trinajstić information content (AvgIpc) is 3.39. The van der Waals surface area contributed by atoms with Crippen LogP contribution in [-0.2, 0) is 23.9 Å². The first-order valence-corrected chi connectivity index (χ1v) is 13.4. The van der Waals surface area contributed by atoms with Crippen LogP contribution in [0.4, 0.5) is 4.79 Å². The van der Waals surface area contributed by atoms with Gasteiger partial charge in [-0.3, -0.25) is 14.4 Å². The van der Waals surface area contributed by atoms with Crippen molar-refractivity contribution in [1.82, 2.24) is 15.3 Å². The quantitative estimate of drug-likeness (QED) is 0.596. The largest absolute Gasteiger partial charge is 0.444 e. The van der Waals surface area contributed by atoms with E-state index in [0.29, 0.717) is 32.5 Å². The van der Waals surface area contributed by atoms with Gasteiger partial charge in [-0.2, -0.15) is 0 Å². The average molecular weight is 516 g/mol. The minimum atomic E-state index is -1.05. The Labute approximate surface area is 219 Å². The number of likely N-dealkylation sites (tertiary alicyclic amines) is 1. The molecule has 0 spiro atoms. The van der Waals surface area contributed by atoms with Gasteiger partial charge in [-0.05, 0) is 58.4 Å². The Hall–Kier alpha value is -2.65. The molecule has 1 N–H and O–H groups in total. The third-order valence-corrected chi connectivity index (χ3v) is 7.60. The zero-order valence-corrected chi connectivity index (χ0v) is 22.7. The number of benzene rings is 1. The van der Waals surface area contributed by atoms with E-state index < -0.39 is 29.3 Å². The molecule has 1 saturated carbocycles.